The zero-order valence-corrected chi connectivity index (χ0v) is 13.1. The van der Waals surface area contributed by atoms with Gasteiger partial charge in [-0.15, -0.1) is 0 Å². The number of halogens is 1. The highest BCUT2D eigenvalue weighted by Crippen LogP contribution is 2.49. The zero-order chi connectivity index (χ0) is 15.5. The van der Waals surface area contributed by atoms with Crippen molar-refractivity contribution < 1.29 is 13.9 Å². The van der Waals surface area contributed by atoms with Crippen molar-refractivity contribution in [3.05, 3.63) is 30.1 Å². The average molecular weight is 305 g/mol. The molecule has 0 aliphatic heterocycles. The molecule has 2 bridgehead atoms. The lowest BCUT2D eigenvalue weighted by Crippen LogP contribution is -2.40. The van der Waals surface area contributed by atoms with Gasteiger partial charge in [-0.2, -0.15) is 0 Å². The monoisotopic (exact) mass is 305 g/mol. The highest BCUT2D eigenvalue weighted by Gasteiger charge is 2.42. The molecule has 1 N–H and O–H groups in total. The Morgan fingerprint density at radius 3 is 2.95 bits per heavy atom. The second-order valence-electron chi connectivity index (χ2n) is 6.75. The van der Waals surface area contributed by atoms with Crippen molar-refractivity contribution in [2.75, 3.05) is 6.61 Å². The number of rotatable bonds is 6. The zero-order valence-electron chi connectivity index (χ0n) is 13.1. The summed E-state index contributed by atoms with van der Waals surface area (Å²) in [6, 6.07) is 6.24. The summed E-state index contributed by atoms with van der Waals surface area (Å²) in [5, 5.41) is 3.11. The summed E-state index contributed by atoms with van der Waals surface area (Å²) in [7, 11) is 0. The van der Waals surface area contributed by atoms with Gasteiger partial charge in [-0.3, -0.25) is 4.79 Å². The molecule has 3 rings (SSSR count). The third-order valence-corrected chi connectivity index (χ3v) is 5.22. The van der Waals surface area contributed by atoms with E-state index in [1.165, 1.54) is 37.8 Å². The van der Waals surface area contributed by atoms with Crippen LogP contribution in [0.1, 0.15) is 39.0 Å². The summed E-state index contributed by atoms with van der Waals surface area (Å²) in [6.07, 6.45) is 5.64. The molecule has 4 heteroatoms. The molecule has 2 saturated carbocycles. The van der Waals surface area contributed by atoms with Gasteiger partial charge in [-0.05, 0) is 56.1 Å². The molecule has 3 nitrogen and oxygen atoms in total. The van der Waals surface area contributed by atoms with Crippen LogP contribution in [0.15, 0.2) is 24.3 Å². The van der Waals surface area contributed by atoms with Gasteiger partial charge in [-0.1, -0.05) is 12.5 Å². The normalized spacial score (nSPS) is 27.6. The van der Waals surface area contributed by atoms with Crippen LogP contribution < -0.4 is 10.1 Å². The van der Waals surface area contributed by atoms with Crippen LogP contribution in [0.25, 0.3) is 0 Å². The van der Waals surface area contributed by atoms with Crippen LogP contribution in [-0.4, -0.2) is 18.6 Å². The van der Waals surface area contributed by atoms with Gasteiger partial charge in [0.15, 0.2) is 0 Å². The van der Waals surface area contributed by atoms with E-state index >= 15 is 0 Å². The number of hydrogen-bond acceptors (Lipinski definition) is 2. The standard InChI is InChI=1S/C18H24FNO2/c1-12(17-10-13-5-6-14(17)9-13)20-18(21)7-8-22-16-4-2-3-15(19)11-16/h2-4,11-14,17H,5-10H2,1H3,(H,20,21). The van der Waals surface area contributed by atoms with Gasteiger partial charge in [0, 0.05) is 12.1 Å². The fraction of sp³-hybridized carbons (Fsp3) is 0.611. The smallest absolute Gasteiger partial charge is 0.223 e. The lowest BCUT2D eigenvalue weighted by molar-refractivity contribution is -0.122. The molecule has 22 heavy (non-hydrogen) atoms. The second kappa shape index (κ2) is 6.67. The Morgan fingerprint density at radius 1 is 1.41 bits per heavy atom. The number of amides is 1. The first-order valence-electron chi connectivity index (χ1n) is 8.29. The van der Waals surface area contributed by atoms with E-state index in [0.717, 1.165) is 11.8 Å². The van der Waals surface area contributed by atoms with Crippen molar-refractivity contribution in [1.29, 1.82) is 0 Å². The molecular formula is C18H24FNO2. The maximum absolute atomic E-state index is 13.0. The lowest BCUT2D eigenvalue weighted by atomic mass is 9.84. The molecular weight excluding hydrogens is 281 g/mol. The molecule has 1 aromatic rings. The quantitative estimate of drug-likeness (QED) is 0.873. The van der Waals surface area contributed by atoms with E-state index < -0.39 is 0 Å². The van der Waals surface area contributed by atoms with Crippen LogP contribution in [0, 0.1) is 23.6 Å². The minimum absolute atomic E-state index is 0.0201. The Morgan fingerprint density at radius 2 is 2.27 bits per heavy atom. The molecule has 120 valence electrons. The van der Waals surface area contributed by atoms with Gasteiger partial charge in [-0.25, -0.2) is 4.39 Å². The van der Waals surface area contributed by atoms with Crippen LogP contribution in [0.3, 0.4) is 0 Å². The topological polar surface area (TPSA) is 38.3 Å². The van der Waals surface area contributed by atoms with Crippen molar-refractivity contribution in [3.8, 4) is 5.75 Å². The molecule has 2 fully saturated rings. The molecule has 0 spiro atoms. The van der Waals surface area contributed by atoms with Crippen LogP contribution in [0.2, 0.25) is 0 Å². The molecule has 1 aromatic carbocycles. The Labute approximate surface area is 131 Å². The molecule has 4 unspecified atom stereocenters. The van der Waals surface area contributed by atoms with Gasteiger partial charge < -0.3 is 10.1 Å². The fourth-order valence-corrected chi connectivity index (χ4v) is 4.16. The largest absolute Gasteiger partial charge is 0.493 e. The molecule has 0 saturated heterocycles. The van der Waals surface area contributed by atoms with E-state index in [1.54, 1.807) is 12.1 Å². The van der Waals surface area contributed by atoms with Crippen molar-refractivity contribution in [1.82, 2.24) is 5.32 Å². The maximum Gasteiger partial charge on any atom is 0.223 e. The van der Waals surface area contributed by atoms with Crippen LogP contribution in [0.4, 0.5) is 4.39 Å². The molecule has 0 radical (unpaired) electrons. The number of ether oxygens (including phenoxy) is 1. The van der Waals surface area contributed by atoms with E-state index in [4.69, 9.17) is 4.74 Å². The highest BCUT2D eigenvalue weighted by atomic mass is 19.1. The first-order chi connectivity index (χ1) is 10.6. The molecule has 0 heterocycles. The number of fused-ring (bicyclic) bond motifs is 2. The highest BCUT2D eigenvalue weighted by molar-refractivity contribution is 5.76. The Balaban J connectivity index is 1.39. The summed E-state index contributed by atoms with van der Waals surface area (Å²) < 4.78 is 18.4. The van der Waals surface area contributed by atoms with Gasteiger partial charge >= 0.3 is 0 Å². The Hall–Kier alpha value is -1.58. The predicted molar refractivity (Wildman–Crippen MR) is 83.1 cm³/mol. The third-order valence-electron chi connectivity index (χ3n) is 5.22. The summed E-state index contributed by atoms with van der Waals surface area (Å²) in [5.74, 6) is 2.51. The van der Waals surface area contributed by atoms with E-state index in [1.807, 2.05) is 0 Å². The van der Waals surface area contributed by atoms with Crippen LogP contribution in [0.5, 0.6) is 5.75 Å². The van der Waals surface area contributed by atoms with Crippen molar-refractivity contribution in [3.63, 3.8) is 0 Å². The Bertz CT molecular complexity index is 534. The number of benzene rings is 1. The minimum atomic E-state index is -0.327. The van der Waals surface area contributed by atoms with Gasteiger partial charge in [0.25, 0.3) is 0 Å². The first-order valence-corrected chi connectivity index (χ1v) is 8.29. The van der Waals surface area contributed by atoms with Gasteiger partial charge in [0.2, 0.25) is 5.91 Å². The van der Waals surface area contributed by atoms with Crippen LogP contribution in [-0.2, 0) is 4.79 Å². The fourth-order valence-electron chi connectivity index (χ4n) is 4.16. The second-order valence-corrected chi connectivity index (χ2v) is 6.75. The molecule has 2 aliphatic carbocycles. The number of nitrogens with one attached hydrogen (secondary N) is 1. The molecule has 1 amide bonds. The first kappa shape index (κ1) is 15.3. The number of hydrogen-bond donors (Lipinski definition) is 1. The summed E-state index contributed by atoms with van der Waals surface area (Å²) in [6.45, 7) is 2.40. The number of carbonyl (C=O) groups excluding carboxylic acids is 1. The molecule has 4 atom stereocenters. The summed E-state index contributed by atoms with van der Waals surface area (Å²) >= 11 is 0. The maximum atomic E-state index is 13.0. The van der Waals surface area contributed by atoms with Crippen molar-refractivity contribution in [2.24, 2.45) is 17.8 Å². The minimum Gasteiger partial charge on any atom is -0.493 e. The summed E-state index contributed by atoms with van der Waals surface area (Å²) in [4.78, 5) is 12.0. The average Bonchev–Trinajstić information content (AvgIpc) is 3.10. The van der Waals surface area contributed by atoms with E-state index in [-0.39, 0.29) is 24.4 Å². The van der Waals surface area contributed by atoms with Gasteiger partial charge in [0.1, 0.15) is 11.6 Å². The summed E-state index contributed by atoms with van der Waals surface area (Å²) in [5.41, 5.74) is 0. The lowest BCUT2D eigenvalue weighted by Gasteiger charge is -2.28. The molecule has 2 aliphatic rings. The molecule has 0 aromatic heterocycles. The SMILES string of the molecule is CC(NC(=O)CCOc1cccc(F)c1)C1CC2CCC1C2. The van der Waals surface area contributed by atoms with Crippen molar-refractivity contribution >= 4 is 5.91 Å². The third kappa shape index (κ3) is 3.60. The number of carbonyl (C=O) groups is 1. The van der Waals surface area contributed by atoms with E-state index in [0.29, 0.717) is 18.1 Å². The van der Waals surface area contributed by atoms with Crippen LogP contribution >= 0.6 is 0 Å². The Kier molecular flexibility index (Phi) is 4.65. The van der Waals surface area contributed by atoms with Gasteiger partial charge in [0.05, 0.1) is 13.0 Å². The van der Waals surface area contributed by atoms with E-state index in [2.05, 4.69) is 12.2 Å². The van der Waals surface area contributed by atoms with Crippen molar-refractivity contribution in [2.45, 2.75) is 45.1 Å². The predicted octanol–water partition coefficient (Wildman–Crippen LogP) is 3.54. The van der Waals surface area contributed by atoms with E-state index in [9.17, 15) is 9.18 Å².